The van der Waals surface area contributed by atoms with Crippen LogP contribution in [0.5, 0.6) is 11.5 Å². The van der Waals surface area contributed by atoms with Gasteiger partial charge in [-0.3, -0.25) is 0 Å². The van der Waals surface area contributed by atoms with Gasteiger partial charge in [0.15, 0.2) is 0 Å². The molecule has 2 rings (SSSR count). The summed E-state index contributed by atoms with van der Waals surface area (Å²) in [6.07, 6.45) is 1.93. The third kappa shape index (κ3) is 3.39. The van der Waals surface area contributed by atoms with Crippen molar-refractivity contribution in [1.29, 1.82) is 0 Å². The molecule has 1 aromatic rings. The molecule has 0 radical (unpaired) electrons. The summed E-state index contributed by atoms with van der Waals surface area (Å²) in [6, 6.07) is 0. The van der Waals surface area contributed by atoms with Crippen LogP contribution in [-0.2, 0) is 6.42 Å². The molecule has 0 spiro atoms. The highest BCUT2D eigenvalue weighted by Gasteiger charge is 2.34. The van der Waals surface area contributed by atoms with Gasteiger partial charge in [-0.25, -0.2) is 0 Å². The monoisotopic (exact) mass is 306 g/mol. The summed E-state index contributed by atoms with van der Waals surface area (Å²) in [5.74, 6) is 1.41. The topological polar surface area (TPSA) is 44.7 Å². The molecule has 22 heavy (non-hydrogen) atoms. The van der Waals surface area contributed by atoms with E-state index < -0.39 is 0 Å². The van der Waals surface area contributed by atoms with Crippen molar-refractivity contribution in [2.45, 2.75) is 46.1 Å². The summed E-state index contributed by atoms with van der Waals surface area (Å²) in [5.41, 5.74) is 3.96. The molecule has 1 heterocycles. The number of benzene rings is 1. The fourth-order valence-electron chi connectivity index (χ4n) is 3.07. The number of phenols is 1. The highest BCUT2D eigenvalue weighted by atomic mass is 16.5. The Balaban J connectivity index is 2.14. The van der Waals surface area contributed by atoms with E-state index in [1.807, 2.05) is 20.8 Å². The van der Waals surface area contributed by atoms with E-state index in [2.05, 4.69) is 31.2 Å². The lowest BCUT2D eigenvalue weighted by molar-refractivity contribution is 0.0631. The van der Waals surface area contributed by atoms with Crippen molar-refractivity contribution in [2.24, 2.45) is 0 Å². The van der Waals surface area contributed by atoms with Crippen LogP contribution in [0, 0.1) is 20.8 Å². The molecule has 0 amide bonds. The van der Waals surface area contributed by atoms with Crippen molar-refractivity contribution in [3.63, 3.8) is 0 Å². The third-order valence-electron chi connectivity index (χ3n) is 4.83. The van der Waals surface area contributed by atoms with Gasteiger partial charge in [0.2, 0.25) is 0 Å². The van der Waals surface area contributed by atoms with Crippen molar-refractivity contribution in [3.05, 3.63) is 22.3 Å². The molecule has 0 saturated carbocycles. The van der Waals surface area contributed by atoms with Gasteiger partial charge in [0.1, 0.15) is 17.1 Å². The molecular weight excluding hydrogens is 276 g/mol. The van der Waals surface area contributed by atoms with Crippen LogP contribution in [0.25, 0.3) is 0 Å². The minimum Gasteiger partial charge on any atom is -0.507 e. The van der Waals surface area contributed by atoms with Crippen LogP contribution in [0.3, 0.4) is 0 Å². The Morgan fingerprint density at radius 1 is 1.18 bits per heavy atom. The molecule has 1 atom stereocenters. The molecule has 1 aliphatic heterocycles. The molecule has 1 unspecified atom stereocenters. The molecule has 0 fully saturated rings. The lowest BCUT2D eigenvalue weighted by atomic mass is 9.87. The second-order valence-electron chi connectivity index (χ2n) is 7.06. The Kier molecular flexibility index (Phi) is 5.03. The smallest absolute Gasteiger partial charge is 0.127 e. The first-order valence-electron chi connectivity index (χ1n) is 8.11. The lowest BCUT2D eigenvalue weighted by Crippen LogP contribution is -2.47. The molecule has 0 saturated heterocycles. The maximum Gasteiger partial charge on any atom is 0.127 e. The maximum absolute atomic E-state index is 10.2. The number of rotatable bonds is 5. The van der Waals surface area contributed by atoms with Crippen molar-refractivity contribution in [3.8, 4) is 11.5 Å². The molecule has 124 valence electrons. The average molecular weight is 306 g/mol. The van der Waals surface area contributed by atoms with Gasteiger partial charge in [-0.05, 0) is 71.3 Å². The van der Waals surface area contributed by atoms with E-state index >= 15 is 0 Å². The number of nitrogens with zero attached hydrogens (tertiary/aromatic N) is 1. The summed E-state index contributed by atoms with van der Waals surface area (Å²) < 4.78 is 6.39. The SMILES string of the molecule is Cc1c(C)c2c(c(C)c1O)CCC(C)(CNCCN(C)C)O2. The molecule has 0 aliphatic carbocycles. The highest BCUT2D eigenvalue weighted by molar-refractivity contribution is 5.58. The molecule has 4 nitrogen and oxygen atoms in total. The Morgan fingerprint density at radius 3 is 2.50 bits per heavy atom. The average Bonchev–Trinajstić information content (AvgIpc) is 2.47. The van der Waals surface area contributed by atoms with Crippen LogP contribution >= 0.6 is 0 Å². The van der Waals surface area contributed by atoms with Crippen LogP contribution in [0.1, 0.15) is 35.6 Å². The van der Waals surface area contributed by atoms with Gasteiger partial charge in [0, 0.05) is 25.2 Å². The van der Waals surface area contributed by atoms with Gasteiger partial charge >= 0.3 is 0 Å². The van der Waals surface area contributed by atoms with Crippen LogP contribution in [-0.4, -0.2) is 49.3 Å². The number of fused-ring (bicyclic) bond motifs is 1. The van der Waals surface area contributed by atoms with Crippen LogP contribution in [0.2, 0.25) is 0 Å². The molecule has 0 aromatic heterocycles. The van der Waals surface area contributed by atoms with Crippen LogP contribution < -0.4 is 10.1 Å². The van der Waals surface area contributed by atoms with E-state index in [1.54, 1.807) is 0 Å². The van der Waals surface area contributed by atoms with Gasteiger partial charge in [-0.1, -0.05) is 0 Å². The Labute approximate surface area is 134 Å². The van der Waals surface area contributed by atoms with Gasteiger partial charge in [-0.2, -0.15) is 0 Å². The fourth-order valence-corrected chi connectivity index (χ4v) is 3.07. The zero-order chi connectivity index (χ0) is 16.5. The predicted molar refractivity (Wildman–Crippen MR) is 91.1 cm³/mol. The summed E-state index contributed by atoms with van der Waals surface area (Å²) >= 11 is 0. The summed E-state index contributed by atoms with van der Waals surface area (Å²) in [6.45, 7) is 11.0. The molecule has 0 bridgehead atoms. The quantitative estimate of drug-likeness (QED) is 0.821. The summed E-state index contributed by atoms with van der Waals surface area (Å²) in [4.78, 5) is 2.17. The van der Waals surface area contributed by atoms with E-state index in [0.717, 1.165) is 54.9 Å². The zero-order valence-electron chi connectivity index (χ0n) is 14.8. The number of nitrogens with one attached hydrogen (secondary N) is 1. The van der Waals surface area contributed by atoms with Crippen molar-refractivity contribution < 1.29 is 9.84 Å². The van der Waals surface area contributed by atoms with E-state index in [4.69, 9.17) is 4.74 Å². The van der Waals surface area contributed by atoms with Gasteiger partial charge in [0.25, 0.3) is 0 Å². The minimum absolute atomic E-state index is 0.181. The van der Waals surface area contributed by atoms with Crippen LogP contribution in [0.4, 0.5) is 0 Å². The number of hydrogen-bond donors (Lipinski definition) is 2. The standard InChI is InChI=1S/C18H30N2O2/c1-12-13(2)17-15(14(3)16(12)21)7-8-18(4,22-17)11-19-9-10-20(5)6/h19,21H,7-11H2,1-6H3. The Morgan fingerprint density at radius 2 is 1.86 bits per heavy atom. The second kappa shape index (κ2) is 6.47. The third-order valence-corrected chi connectivity index (χ3v) is 4.83. The number of phenolic OH excluding ortho intramolecular Hbond substituents is 1. The van der Waals surface area contributed by atoms with Gasteiger partial charge in [0.05, 0.1) is 0 Å². The zero-order valence-corrected chi connectivity index (χ0v) is 14.8. The first-order chi connectivity index (χ1) is 10.2. The second-order valence-corrected chi connectivity index (χ2v) is 7.06. The first kappa shape index (κ1) is 17.1. The fraction of sp³-hybridized carbons (Fsp3) is 0.667. The minimum atomic E-state index is -0.181. The van der Waals surface area contributed by atoms with Crippen LogP contribution in [0.15, 0.2) is 0 Å². The molecule has 1 aliphatic rings. The summed E-state index contributed by atoms with van der Waals surface area (Å²) in [5, 5.41) is 13.7. The summed E-state index contributed by atoms with van der Waals surface area (Å²) in [7, 11) is 4.16. The number of hydrogen-bond acceptors (Lipinski definition) is 4. The van der Waals surface area contributed by atoms with Crippen molar-refractivity contribution in [1.82, 2.24) is 10.2 Å². The first-order valence-corrected chi connectivity index (χ1v) is 8.11. The Hall–Kier alpha value is -1.26. The van der Waals surface area contributed by atoms with E-state index in [9.17, 15) is 5.11 Å². The Bertz CT molecular complexity index is 555. The largest absolute Gasteiger partial charge is 0.507 e. The number of likely N-dealkylation sites (N-methyl/N-ethyl adjacent to an activating group) is 1. The van der Waals surface area contributed by atoms with E-state index in [0.29, 0.717) is 5.75 Å². The highest BCUT2D eigenvalue weighted by Crippen LogP contribution is 2.43. The maximum atomic E-state index is 10.2. The normalized spacial score (nSPS) is 20.9. The predicted octanol–water partition coefficient (Wildman–Crippen LogP) is 2.55. The van der Waals surface area contributed by atoms with Gasteiger partial charge < -0.3 is 20.1 Å². The van der Waals surface area contributed by atoms with E-state index in [1.165, 1.54) is 5.56 Å². The van der Waals surface area contributed by atoms with Crippen molar-refractivity contribution >= 4 is 0 Å². The molecule has 4 heteroatoms. The number of aromatic hydroxyl groups is 1. The van der Waals surface area contributed by atoms with E-state index in [-0.39, 0.29) is 5.60 Å². The molecular formula is C18H30N2O2. The molecule has 1 aromatic carbocycles. The van der Waals surface area contributed by atoms with Gasteiger partial charge in [-0.15, -0.1) is 0 Å². The lowest BCUT2D eigenvalue weighted by Gasteiger charge is -2.38. The van der Waals surface area contributed by atoms with Crippen molar-refractivity contribution in [2.75, 3.05) is 33.7 Å². The number of ether oxygens (including phenoxy) is 1. The molecule has 2 N–H and O–H groups in total.